The van der Waals surface area contributed by atoms with E-state index in [0.29, 0.717) is 12.8 Å². The van der Waals surface area contributed by atoms with E-state index in [1.165, 1.54) is 11.1 Å². The van der Waals surface area contributed by atoms with Crippen LogP contribution in [0.4, 0.5) is 4.79 Å². The first-order valence-corrected chi connectivity index (χ1v) is 8.86. The number of aliphatic hydroxyl groups is 1. The molecule has 0 aliphatic heterocycles. The summed E-state index contributed by atoms with van der Waals surface area (Å²) >= 11 is 0. The molecule has 132 valence electrons. The standard InChI is InChI=1S/C21H20N2O3/c22-11-13-9-19(20(24)10-13)23-21(25)26-12-18-16-7-3-1-5-14(16)15-6-2-4-8-17(15)18/h1-8,13,18-20,24H,9-10,12H2,(H,23,25)/t13-,19+,20+/m0/s1. The van der Waals surface area contributed by atoms with Crippen molar-refractivity contribution in [2.45, 2.75) is 30.9 Å². The molecule has 2 aliphatic rings. The molecule has 2 aliphatic carbocycles. The average molecular weight is 348 g/mol. The monoisotopic (exact) mass is 348 g/mol. The van der Waals surface area contributed by atoms with Gasteiger partial charge in [0, 0.05) is 5.92 Å². The fourth-order valence-corrected chi connectivity index (χ4v) is 4.07. The van der Waals surface area contributed by atoms with E-state index in [-0.39, 0.29) is 18.4 Å². The Kier molecular flexibility index (Phi) is 4.36. The molecule has 26 heavy (non-hydrogen) atoms. The normalized spacial score (nSPS) is 23.8. The van der Waals surface area contributed by atoms with Crippen LogP contribution in [0.15, 0.2) is 48.5 Å². The van der Waals surface area contributed by atoms with Crippen LogP contribution in [0.5, 0.6) is 0 Å². The molecule has 2 aromatic carbocycles. The van der Waals surface area contributed by atoms with Gasteiger partial charge in [0.15, 0.2) is 0 Å². The number of hydrogen-bond donors (Lipinski definition) is 2. The van der Waals surface area contributed by atoms with E-state index in [9.17, 15) is 9.90 Å². The first-order chi connectivity index (χ1) is 12.7. The van der Waals surface area contributed by atoms with Crippen molar-refractivity contribution < 1.29 is 14.6 Å². The molecule has 5 heteroatoms. The lowest BCUT2D eigenvalue weighted by molar-refractivity contribution is 0.115. The molecule has 3 atom stereocenters. The van der Waals surface area contributed by atoms with E-state index in [4.69, 9.17) is 10.00 Å². The van der Waals surface area contributed by atoms with E-state index < -0.39 is 18.2 Å². The predicted octanol–water partition coefficient (Wildman–Crippen LogP) is 3.19. The summed E-state index contributed by atoms with van der Waals surface area (Å²) in [5.41, 5.74) is 4.68. The second kappa shape index (κ2) is 6.81. The number of carbonyl (C=O) groups is 1. The average Bonchev–Trinajstić information content (AvgIpc) is 3.18. The minimum atomic E-state index is -0.694. The number of fused-ring (bicyclic) bond motifs is 3. The molecule has 0 radical (unpaired) electrons. The van der Waals surface area contributed by atoms with Crippen LogP contribution >= 0.6 is 0 Å². The van der Waals surface area contributed by atoms with Crippen molar-refractivity contribution in [3.05, 3.63) is 59.7 Å². The van der Waals surface area contributed by atoms with E-state index in [0.717, 1.165) is 11.1 Å². The van der Waals surface area contributed by atoms with Gasteiger partial charge in [-0.15, -0.1) is 0 Å². The van der Waals surface area contributed by atoms with Gasteiger partial charge in [-0.1, -0.05) is 48.5 Å². The van der Waals surface area contributed by atoms with Crippen LogP contribution in [0.1, 0.15) is 29.9 Å². The SMILES string of the molecule is N#C[C@@H]1C[C@@H](O)[C@H](NC(=O)OCC2c3ccccc3-c3ccccc32)C1. The van der Waals surface area contributed by atoms with Crippen LogP contribution in [0.2, 0.25) is 0 Å². The third-order valence-electron chi connectivity index (χ3n) is 5.36. The third-order valence-corrected chi connectivity index (χ3v) is 5.36. The molecule has 2 N–H and O–H groups in total. The second-order valence-electron chi connectivity index (χ2n) is 6.94. The van der Waals surface area contributed by atoms with Crippen molar-refractivity contribution >= 4 is 6.09 Å². The molecular formula is C21H20N2O3. The summed E-state index contributed by atoms with van der Waals surface area (Å²) in [6.45, 7) is 0.240. The Balaban J connectivity index is 1.44. The molecule has 4 rings (SSSR count). The van der Waals surface area contributed by atoms with Gasteiger partial charge in [0.2, 0.25) is 0 Å². The van der Waals surface area contributed by atoms with Crippen molar-refractivity contribution in [2.75, 3.05) is 6.61 Å². The summed E-state index contributed by atoms with van der Waals surface area (Å²) in [7, 11) is 0. The number of aliphatic hydroxyl groups excluding tert-OH is 1. The maximum absolute atomic E-state index is 12.2. The minimum Gasteiger partial charge on any atom is -0.449 e. The highest BCUT2D eigenvalue weighted by Crippen LogP contribution is 2.44. The maximum atomic E-state index is 12.2. The van der Waals surface area contributed by atoms with Gasteiger partial charge < -0.3 is 15.2 Å². The van der Waals surface area contributed by atoms with Gasteiger partial charge in [0.25, 0.3) is 0 Å². The second-order valence-corrected chi connectivity index (χ2v) is 6.94. The number of nitrogens with one attached hydrogen (secondary N) is 1. The predicted molar refractivity (Wildman–Crippen MR) is 96.3 cm³/mol. The molecular weight excluding hydrogens is 328 g/mol. The lowest BCUT2D eigenvalue weighted by Gasteiger charge is -2.18. The lowest BCUT2D eigenvalue weighted by atomic mass is 9.98. The van der Waals surface area contributed by atoms with Crippen LogP contribution in [0.3, 0.4) is 0 Å². The van der Waals surface area contributed by atoms with Crippen molar-refractivity contribution in [3.8, 4) is 17.2 Å². The molecule has 0 saturated heterocycles. The number of benzene rings is 2. The van der Waals surface area contributed by atoms with Crippen molar-refractivity contribution in [1.82, 2.24) is 5.32 Å². The summed E-state index contributed by atoms with van der Waals surface area (Å²) in [5.74, 6) is -0.211. The van der Waals surface area contributed by atoms with Gasteiger partial charge >= 0.3 is 6.09 Å². The zero-order chi connectivity index (χ0) is 18.1. The molecule has 1 amide bonds. The number of hydrogen-bond acceptors (Lipinski definition) is 4. The van der Waals surface area contributed by atoms with Gasteiger partial charge in [-0.2, -0.15) is 5.26 Å². The molecule has 0 spiro atoms. The van der Waals surface area contributed by atoms with Crippen LogP contribution in [0, 0.1) is 17.2 Å². The Hall–Kier alpha value is -2.84. The van der Waals surface area contributed by atoms with E-state index in [1.807, 2.05) is 24.3 Å². The van der Waals surface area contributed by atoms with E-state index >= 15 is 0 Å². The molecule has 0 bridgehead atoms. The van der Waals surface area contributed by atoms with E-state index in [1.54, 1.807) is 0 Å². The topological polar surface area (TPSA) is 82.4 Å². The molecule has 2 aromatic rings. The smallest absolute Gasteiger partial charge is 0.407 e. The number of nitrogens with zero attached hydrogens (tertiary/aromatic N) is 1. The summed E-state index contributed by atoms with van der Waals surface area (Å²) < 4.78 is 5.47. The van der Waals surface area contributed by atoms with Gasteiger partial charge in [-0.3, -0.25) is 0 Å². The third kappa shape index (κ3) is 2.93. The first kappa shape index (κ1) is 16.6. The highest BCUT2D eigenvalue weighted by Gasteiger charge is 2.35. The molecule has 1 saturated carbocycles. The Morgan fingerprint density at radius 2 is 1.73 bits per heavy atom. The first-order valence-electron chi connectivity index (χ1n) is 8.86. The van der Waals surface area contributed by atoms with Gasteiger partial charge in [0.1, 0.15) is 6.61 Å². The highest BCUT2D eigenvalue weighted by atomic mass is 16.5. The van der Waals surface area contributed by atoms with Gasteiger partial charge in [0.05, 0.1) is 24.1 Å². The number of carbonyl (C=O) groups excluding carboxylic acids is 1. The van der Waals surface area contributed by atoms with Crippen LogP contribution in [-0.4, -0.2) is 30.0 Å². The maximum Gasteiger partial charge on any atom is 0.407 e. The number of rotatable bonds is 3. The summed E-state index contributed by atoms with van der Waals surface area (Å²) in [5, 5.41) is 21.6. The fraction of sp³-hybridized carbons (Fsp3) is 0.333. The molecule has 1 fully saturated rings. The summed E-state index contributed by atoms with van der Waals surface area (Å²) in [6.07, 6.45) is -0.387. The fourth-order valence-electron chi connectivity index (χ4n) is 4.07. The molecule has 0 aromatic heterocycles. The van der Waals surface area contributed by atoms with Crippen LogP contribution in [-0.2, 0) is 4.74 Å². The van der Waals surface area contributed by atoms with Crippen LogP contribution < -0.4 is 5.32 Å². The van der Waals surface area contributed by atoms with Crippen molar-refractivity contribution in [3.63, 3.8) is 0 Å². The van der Waals surface area contributed by atoms with Gasteiger partial charge in [-0.05, 0) is 35.1 Å². The Morgan fingerprint density at radius 1 is 1.12 bits per heavy atom. The summed E-state index contributed by atoms with van der Waals surface area (Å²) in [6, 6.07) is 18.1. The van der Waals surface area contributed by atoms with Crippen molar-refractivity contribution in [1.29, 1.82) is 5.26 Å². The minimum absolute atomic E-state index is 0.00788. The number of ether oxygens (including phenoxy) is 1. The lowest BCUT2D eigenvalue weighted by Crippen LogP contribution is -2.40. The largest absolute Gasteiger partial charge is 0.449 e. The highest BCUT2D eigenvalue weighted by molar-refractivity contribution is 5.79. The Bertz CT molecular complexity index is 828. The zero-order valence-electron chi connectivity index (χ0n) is 14.3. The Labute approximate surface area is 152 Å². The van der Waals surface area contributed by atoms with Crippen molar-refractivity contribution in [2.24, 2.45) is 5.92 Å². The van der Waals surface area contributed by atoms with Gasteiger partial charge in [-0.25, -0.2) is 4.79 Å². The number of amides is 1. The quantitative estimate of drug-likeness (QED) is 0.892. The van der Waals surface area contributed by atoms with Crippen LogP contribution in [0.25, 0.3) is 11.1 Å². The Morgan fingerprint density at radius 3 is 2.31 bits per heavy atom. The zero-order valence-corrected chi connectivity index (χ0v) is 14.3. The summed E-state index contributed by atoms with van der Waals surface area (Å²) in [4.78, 5) is 12.2. The molecule has 0 heterocycles. The number of alkyl carbamates (subject to hydrolysis) is 1. The van der Waals surface area contributed by atoms with E-state index in [2.05, 4.69) is 35.7 Å². The molecule has 5 nitrogen and oxygen atoms in total. The molecule has 0 unspecified atom stereocenters. The number of nitriles is 1.